The second kappa shape index (κ2) is 10.2. The average Bonchev–Trinajstić information content (AvgIpc) is 3.53. The molecular weight excluding hydrogens is 463 g/mol. The number of benzene rings is 1. The molecule has 2 N–H and O–H groups in total. The molecule has 0 saturated carbocycles. The van der Waals surface area contributed by atoms with E-state index in [0.29, 0.717) is 5.69 Å². The Morgan fingerprint density at radius 1 is 1.15 bits per heavy atom. The quantitative estimate of drug-likeness (QED) is 0.525. The van der Waals surface area contributed by atoms with Crippen LogP contribution >= 0.6 is 0 Å². The van der Waals surface area contributed by atoms with Crippen LogP contribution in [0.25, 0.3) is 0 Å². The van der Waals surface area contributed by atoms with Crippen LogP contribution in [0.5, 0.6) is 0 Å². The number of likely N-dealkylation sites (tertiary alicyclic amines) is 1. The number of hydrogen-bond donors (Lipinski definition) is 2. The van der Waals surface area contributed by atoms with Crippen molar-refractivity contribution in [2.75, 3.05) is 29.8 Å². The molecule has 2 aromatic rings. The van der Waals surface area contributed by atoms with Gasteiger partial charge in [-0.25, -0.2) is 13.8 Å². The van der Waals surface area contributed by atoms with Gasteiger partial charge in [0.2, 0.25) is 0 Å². The second-order valence-corrected chi connectivity index (χ2v) is 11.1. The summed E-state index contributed by atoms with van der Waals surface area (Å²) in [5.74, 6) is 0. The molecule has 0 radical (unpaired) electrons. The van der Waals surface area contributed by atoms with Gasteiger partial charge in [0.25, 0.3) is 0 Å². The molecule has 1 aliphatic heterocycles. The van der Waals surface area contributed by atoms with Crippen molar-refractivity contribution in [3.05, 3.63) is 40.7 Å². The van der Waals surface area contributed by atoms with Crippen molar-refractivity contribution in [2.45, 2.75) is 57.4 Å². The molecule has 9 nitrogen and oxygen atoms in total. The van der Waals surface area contributed by atoms with E-state index in [1.165, 1.54) is 32.8 Å². The number of nitrogens with one attached hydrogen (secondary N) is 2. The van der Waals surface area contributed by atoms with Gasteiger partial charge < -0.3 is 11.6 Å². The molecule has 0 spiro atoms. The van der Waals surface area contributed by atoms with Crippen LogP contribution < -0.4 is 43.9 Å². The number of carbonyl (C=O) groups excluding carboxylic acids is 1. The van der Waals surface area contributed by atoms with Crippen molar-refractivity contribution in [3.63, 3.8) is 0 Å². The SMILES string of the molecule is CN1CCC[C@H]1CN(c1cnn(C)c1)S(=O)(=O)NC(=O)Nc1c2c(cc3c1CCC3)CCC2.[H-].[Na+]. The number of aromatic nitrogens is 2. The Bertz CT molecular complexity index is 1160. The maximum absolute atomic E-state index is 13.4. The number of urea groups is 1. The molecule has 3 aliphatic rings. The molecule has 5 rings (SSSR count). The van der Waals surface area contributed by atoms with E-state index < -0.39 is 16.2 Å². The molecule has 1 saturated heterocycles. The van der Waals surface area contributed by atoms with Crippen LogP contribution in [-0.4, -0.2) is 55.3 Å². The molecule has 34 heavy (non-hydrogen) atoms. The summed E-state index contributed by atoms with van der Waals surface area (Å²) in [6.45, 7) is 1.20. The minimum atomic E-state index is -4.13. The Balaban J connectivity index is 0.00000171. The molecule has 0 unspecified atom stereocenters. The minimum Gasteiger partial charge on any atom is -1.00 e. The number of carbonyl (C=O) groups is 1. The van der Waals surface area contributed by atoms with Gasteiger partial charge in [-0.15, -0.1) is 0 Å². The van der Waals surface area contributed by atoms with Gasteiger partial charge in [-0.1, -0.05) is 6.07 Å². The van der Waals surface area contributed by atoms with Crippen molar-refractivity contribution in [3.8, 4) is 0 Å². The van der Waals surface area contributed by atoms with Gasteiger partial charge in [0, 0.05) is 25.0 Å². The van der Waals surface area contributed by atoms with Gasteiger partial charge in [-0.2, -0.15) is 13.5 Å². The molecule has 1 aromatic heterocycles. The summed E-state index contributed by atoms with van der Waals surface area (Å²) in [4.78, 5) is 15.2. The summed E-state index contributed by atoms with van der Waals surface area (Å²) in [5, 5.41) is 7.06. The van der Waals surface area contributed by atoms with Crippen molar-refractivity contribution in [1.29, 1.82) is 0 Å². The van der Waals surface area contributed by atoms with E-state index in [0.717, 1.165) is 63.6 Å². The summed E-state index contributed by atoms with van der Waals surface area (Å²) in [7, 11) is -0.384. The molecule has 180 valence electrons. The first-order valence-electron chi connectivity index (χ1n) is 11.8. The van der Waals surface area contributed by atoms with Crippen LogP contribution in [0.3, 0.4) is 0 Å². The molecule has 0 bridgehead atoms. The van der Waals surface area contributed by atoms with E-state index in [4.69, 9.17) is 0 Å². The number of likely N-dealkylation sites (N-methyl/N-ethyl adjacent to an activating group) is 1. The maximum atomic E-state index is 13.4. The van der Waals surface area contributed by atoms with Crippen molar-refractivity contribution in [2.24, 2.45) is 7.05 Å². The summed E-state index contributed by atoms with van der Waals surface area (Å²) in [6.07, 6.45) is 11.1. The molecule has 11 heteroatoms. The first-order chi connectivity index (χ1) is 15.8. The van der Waals surface area contributed by atoms with E-state index in [2.05, 4.69) is 26.1 Å². The maximum Gasteiger partial charge on any atom is 1.00 e. The van der Waals surface area contributed by atoms with Crippen LogP contribution in [0.2, 0.25) is 0 Å². The number of anilines is 2. The third-order valence-corrected chi connectivity index (χ3v) is 8.63. The Morgan fingerprint density at radius 2 is 1.82 bits per heavy atom. The Morgan fingerprint density at radius 3 is 2.38 bits per heavy atom. The van der Waals surface area contributed by atoms with Crippen molar-refractivity contribution < 1.29 is 44.2 Å². The molecule has 2 amide bonds. The number of amides is 2. The van der Waals surface area contributed by atoms with E-state index in [9.17, 15) is 13.2 Å². The van der Waals surface area contributed by atoms with E-state index in [-0.39, 0.29) is 43.6 Å². The van der Waals surface area contributed by atoms with Gasteiger partial charge in [0.05, 0.1) is 18.4 Å². The van der Waals surface area contributed by atoms with E-state index in [1.54, 1.807) is 17.9 Å². The standard InChI is InChI=1S/C23H32N6O3S.Na.H/c1-27-11-5-8-18(27)15-29(19-13-24-28(2)14-19)33(31,32)26-23(30)25-22-20-9-3-6-16(20)12-17-7-4-10-21(17)22;;/h12-14,18H,3-11,15H2,1-2H3,(H2,25,26,30);;/q;+1;-1/t18-;;/m0../s1. The van der Waals surface area contributed by atoms with Crippen LogP contribution in [-0.2, 0) is 42.9 Å². The van der Waals surface area contributed by atoms with Crippen molar-refractivity contribution >= 4 is 27.6 Å². The average molecular weight is 497 g/mol. The fourth-order valence-corrected chi connectivity index (χ4v) is 6.69. The Hall–Kier alpha value is -1.59. The zero-order valence-corrected chi connectivity index (χ0v) is 23.1. The van der Waals surface area contributed by atoms with Crippen LogP contribution in [0.4, 0.5) is 16.2 Å². The molecule has 2 aliphatic carbocycles. The number of nitrogens with zero attached hydrogens (tertiary/aromatic N) is 4. The fourth-order valence-electron chi connectivity index (χ4n) is 5.56. The molecule has 1 aromatic carbocycles. The summed E-state index contributed by atoms with van der Waals surface area (Å²) < 4.78 is 31.9. The molecule has 1 atom stereocenters. The number of aryl methyl sites for hydroxylation is 3. The minimum absolute atomic E-state index is 0. The van der Waals surface area contributed by atoms with Crippen molar-refractivity contribution in [1.82, 2.24) is 19.4 Å². The zero-order valence-electron chi connectivity index (χ0n) is 21.3. The summed E-state index contributed by atoms with van der Waals surface area (Å²) in [5.41, 5.74) is 6.18. The van der Waals surface area contributed by atoms with Crippen LogP contribution in [0.15, 0.2) is 18.5 Å². The Labute approximate surface area is 225 Å². The van der Waals surface area contributed by atoms with Crippen LogP contribution in [0.1, 0.15) is 49.4 Å². The third kappa shape index (κ3) is 5.02. The first kappa shape index (κ1) is 25.5. The Kier molecular flexibility index (Phi) is 7.64. The third-order valence-electron chi connectivity index (χ3n) is 7.25. The van der Waals surface area contributed by atoms with Gasteiger partial charge >= 0.3 is 45.8 Å². The smallest absolute Gasteiger partial charge is 1.00 e. The van der Waals surface area contributed by atoms with E-state index in [1.807, 2.05) is 7.05 Å². The van der Waals surface area contributed by atoms with Gasteiger partial charge in [-0.05, 0) is 87.2 Å². The van der Waals surface area contributed by atoms with Gasteiger partial charge in [-0.3, -0.25) is 4.68 Å². The summed E-state index contributed by atoms with van der Waals surface area (Å²) in [6, 6.07) is 1.66. The second-order valence-electron chi connectivity index (χ2n) is 9.48. The molecular formula is C23H33N6NaO3S. The fraction of sp³-hybridized carbons (Fsp3) is 0.565. The first-order valence-corrected chi connectivity index (χ1v) is 13.2. The predicted molar refractivity (Wildman–Crippen MR) is 129 cm³/mol. The van der Waals surface area contributed by atoms with Gasteiger partial charge in [0.1, 0.15) is 0 Å². The topological polar surface area (TPSA) is 99.6 Å². The number of rotatable bonds is 6. The summed E-state index contributed by atoms with van der Waals surface area (Å²) >= 11 is 0. The number of hydrogen-bond acceptors (Lipinski definition) is 5. The zero-order chi connectivity index (χ0) is 23.2. The normalized spacial score (nSPS) is 19.4. The predicted octanol–water partition coefficient (Wildman–Crippen LogP) is -0.519. The molecule has 2 heterocycles. The monoisotopic (exact) mass is 496 g/mol. The van der Waals surface area contributed by atoms with Crippen LogP contribution in [0, 0.1) is 0 Å². The number of fused-ring (bicyclic) bond motifs is 2. The largest absolute Gasteiger partial charge is 1.00 e. The van der Waals surface area contributed by atoms with E-state index >= 15 is 0 Å². The van der Waals surface area contributed by atoms with Gasteiger partial charge in [0.15, 0.2) is 0 Å². The molecule has 1 fully saturated rings.